The van der Waals surface area contributed by atoms with E-state index in [9.17, 15) is 0 Å². The number of hydrogen-bond donors (Lipinski definition) is 2. The number of hydrogen-bond acceptors (Lipinski definition) is 5. The van der Waals surface area contributed by atoms with Gasteiger partial charge in [0.05, 0.1) is 11.6 Å². The topological polar surface area (TPSA) is 69.7 Å². The minimum Gasteiger partial charge on any atom is -0.365 e. The van der Waals surface area contributed by atoms with Crippen LogP contribution in [0.5, 0.6) is 0 Å². The predicted octanol–water partition coefficient (Wildman–Crippen LogP) is 2.39. The highest BCUT2D eigenvalue weighted by atomic mass is 35.5. The summed E-state index contributed by atoms with van der Waals surface area (Å²) in [6.07, 6.45) is 2.77. The highest BCUT2D eigenvalue weighted by Gasteiger charge is 2.16. The number of anilines is 1. The van der Waals surface area contributed by atoms with Crippen LogP contribution in [0, 0.1) is 5.92 Å². The van der Waals surface area contributed by atoms with Gasteiger partial charge in [0, 0.05) is 12.6 Å². The molecule has 0 aliphatic carbocycles. The zero-order chi connectivity index (χ0) is 14.7. The van der Waals surface area contributed by atoms with Crippen molar-refractivity contribution in [2.75, 3.05) is 26.0 Å². The quantitative estimate of drug-likeness (QED) is 0.801. The third kappa shape index (κ3) is 3.80. The van der Waals surface area contributed by atoms with E-state index >= 15 is 0 Å². The van der Waals surface area contributed by atoms with Gasteiger partial charge in [0.2, 0.25) is 5.28 Å². The second kappa shape index (κ2) is 6.37. The fourth-order valence-electron chi connectivity index (χ4n) is 2.30. The molecule has 0 bridgehead atoms. The van der Waals surface area contributed by atoms with E-state index in [0.717, 1.165) is 24.2 Å². The minimum atomic E-state index is 0.220. The molecule has 0 saturated heterocycles. The van der Waals surface area contributed by atoms with Crippen LogP contribution < -0.4 is 5.32 Å². The zero-order valence-electron chi connectivity index (χ0n) is 12.3. The molecular formula is C13H21ClN6. The Morgan fingerprint density at radius 1 is 1.35 bits per heavy atom. The molecule has 0 spiro atoms. The van der Waals surface area contributed by atoms with Crippen LogP contribution in [0.1, 0.15) is 20.3 Å². The first kappa shape index (κ1) is 15.0. The summed E-state index contributed by atoms with van der Waals surface area (Å²) in [4.78, 5) is 10.6. The first-order valence-electron chi connectivity index (χ1n) is 6.73. The van der Waals surface area contributed by atoms with Crippen LogP contribution in [0.3, 0.4) is 0 Å². The maximum atomic E-state index is 5.96. The Kier molecular flexibility index (Phi) is 4.77. The van der Waals surface area contributed by atoms with Crippen LogP contribution in [-0.4, -0.2) is 51.7 Å². The van der Waals surface area contributed by atoms with Crippen molar-refractivity contribution in [3.05, 3.63) is 11.5 Å². The Labute approximate surface area is 123 Å². The van der Waals surface area contributed by atoms with Gasteiger partial charge in [0.15, 0.2) is 5.65 Å². The summed E-state index contributed by atoms with van der Waals surface area (Å²) < 4.78 is 0. The zero-order valence-corrected chi connectivity index (χ0v) is 13.1. The molecule has 0 fully saturated rings. The molecule has 7 heteroatoms. The van der Waals surface area contributed by atoms with Crippen molar-refractivity contribution in [1.29, 1.82) is 0 Å². The molecule has 6 nitrogen and oxygen atoms in total. The molecule has 0 aromatic carbocycles. The first-order valence-corrected chi connectivity index (χ1v) is 7.11. The summed E-state index contributed by atoms with van der Waals surface area (Å²) in [5, 5.41) is 11.4. The van der Waals surface area contributed by atoms with Gasteiger partial charge in [-0.3, -0.25) is 5.10 Å². The van der Waals surface area contributed by atoms with Crippen molar-refractivity contribution in [2.45, 2.75) is 26.3 Å². The van der Waals surface area contributed by atoms with E-state index in [1.165, 1.54) is 0 Å². The van der Waals surface area contributed by atoms with E-state index in [4.69, 9.17) is 11.6 Å². The number of halogens is 1. The van der Waals surface area contributed by atoms with Gasteiger partial charge >= 0.3 is 0 Å². The molecule has 0 aliphatic heterocycles. The number of H-pyrrole nitrogens is 1. The number of likely N-dealkylation sites (N-methyl/N-ethyl adjacent to an activating group) is 1. The summed E-state index contributed by atoms with van der Waals surface area (Å²) in [5.74, 6) is 1.34. The van der Waals surface area contributed by atoms with Gasteiger partial charge in [-0.25, -0.2) is 0 Å². The van der Waals surface area contributed by atoms with Crippen LogP contribution in [0.4, 0.5) is 5.82 Å². The molecule has 20 heavy (non-hydrogen) atoms. The Morgan fingerprint density at radius 3 is 2.75 bits per heavy atom. The van der Waals surface area contributed by atoms with Crippen LogP contribution in [-0.2, 0) is 0 Å². The molecule has 0 radical (unpaired) electrons. The van der Waals surface area contributed by atoms with Gasteiger partial charge in [-0.2, -0.15) is 15.1 Å². The maximum absolute atomic E-state index is 5.96. The second-order valence-electron chi connectivity index (χ2n) is 5.71. The van der Waals surface area contributed by atoms with E-state index in [1.54, 1.807) is 6.20 Å². The van der Waals surface area contributed by atoms with Gasteiger partial charge in [0.25, 0.3) is 0 Å². The number of nitrogens with one attached hydrogen (secondary N) is 2. The van der Waals surface area contributed by atoms with E-state index in [2.05, 4.69) is 58.3 Å². The van der Waals surface area contributed by atoms with Gasteiger partial charge in [-0.1, -0.05) is 13.8 Å². The maximum Gasteiger partial charge on any atom is 0.226 e. The van der Waals surface area contributed by atoms with E-state index < -0.39 is 0 Å². The molecule has 0 saturated carbocycles. The van der Waals surface area contributed by atoms with Gasteiger partial charge < -0.3 is 10.2 Å². The first-order chi connectivity index (χ1) is 9.45. The second-order valence-corrected chi connectivity index (χ2v) is 6.04. The van der Waals surface area contributed by atoms with E-state index in [1.807, 2.05) is 0 Å². The van der Waals surface area contributed by atoms with Crippen LogP contribution in [0.2, 0.25) is 5.28 Å². The summed E-state index contributed by atoms with van der Waals surface area (Å²) in [6, 6.07) is 0.300. The molecule has 2 aromatic heterocycles. The molecule has 1 unspecified atom stereocenters. The average molecular weight is 297 g/mol. The Hall–Kier alpha value is -1.40. The Bertz CT molecular complexity index is 555. The van der Waals surface area contributed by atoms with Crippen molar-refractivity contribution in [3.8, 4) is 0 Å². The number of aromatic nitrogens is 4. The highest BCUT2D eigenvalue weighted by Crippen LogP contribution is 2.22. The van der Waals surface area contributed by atoms with Gasteiger partial charge in [-0.15, -0.1) is 0 Å². The third-order valence-corrected chi connectivity index (χ3v) is 3.13. The lowest BCUT2D eigenvalue weighted by Crippen LogP contribution is -2.33. The van der Waals surface area contributed by atoms with E-state index in [0.29, 0.717) is 17.6 Å². The lowest BCUT2D eigenvalue weighted by Gasteiger charge is -2.24. The predicted molar refractivity (Wildman–Crippen MR) is 82.1 cm³/mol. The average Bonchev–Trinajstić information content (AvgIpc) is 2.74. The Morgan fingerprint density at radius 2 is 2.10 bits per heavy atom. The summed E-state index contributed by atoms with van der Waals surface area (Å²) in [7, 11) is 4.13. The molecule has 1 atom stereocenters. The molecule has 2 rings (SSSR count). The molecule has 2 N–H and O–H groups in total. The molecule has 2 aromatic rings. The highest BCUT2D eigenvalue weighted by molar-refractivity contribution is 6.28. The fraction of sp³-hybridized carbons (Fsp3) is 0.615. The number of nitrogens with zero attached hydrogens (tertiary/aromatic N) is 4. The Balaban J connectivity index is 2.25. The standard InChI is InChI=1S/C13H21ClN6/c1-8(2)5-9(7-20(3)4)16-11-10-6-15-19-12(10)18-13(14)17-11/h6,8-9H,5,7H2,1-4H3,(H2,15,16,17,18,19). The summed E-state index contributed by atoms with van der Waals surface area (Å²) in [6.45, 7) is 5.36. The monoisotopic (exact) mass is 296 g/mol. The largest absolute Gasteiger partial charge is 0.365 e. The van der Waals surface area contributed by atoms with Gasteiger partial charge in [-0.05, 0) is 38.0 Å². The molecule has 2 heterocycles. The lowest BCUT2D eigenvalue weighted by atomic mass is 10.0. The van der Waals surface area contributed by atoms with Crippen LogP contribution in [0.25, 0.3) is 11.0 Å². The lowest BCUT2D eigenvalue weighted by molar-refractivity contribution is 0.356. The van der Waals surface area contributed by atoms with Crippen molar-refractivity contribution in [1.82, 2.24) is 25.1 Å². The van der Waals surface area contributed by atoms with Gasteiger partial charge in [0.1, 0.15) is 5.82 Å². The normalized spacial score (nSPS) is 13.3. The fourth-order valence-corrected chi connectivity index (χ4v) is 2.47. The number of aromatic amines is 1. The smallest absolute Gasteiger partial charge is 0.226 e. The molecular weight excluding hydrogens is 276 g/mol. The van der Waals surface area contributed by atoms with Crippen molar-refractivity contribution in [3.63, 3.8) is 0 Å². The molecule has 110 valence electrons. The van der Waals surface area contributed by atoms with Crippen LogP contribution in [0.15, 0.2) is 6.20 Å². The SMILES string of the molecule is CC(C)CC(CN(C)C)Nc1nc(Cl)nc2[nH]ncc12. The van der Waals surface area contributed by atoms with Crippen molar-refractivity contribution in [2.24, 2.45) is 5.92 Å². The number of fused-ring (bicyclic) bond motifs is 1. The summed E-state index contributed by atoms with van der Waals surface area (Å²) in [5.41, 5.74) is 0.653. The number of rotatable bonds is 6. The molecule has 0 amide bonds. The van der Waals surface area contributed by atoms with Crippen LogP contribution >= 0.6 is 11.6 Å². The minimum absolute atomic E-state index is 0.220. The van der Waals surface area contributed by atoms with Crippen molar-refractivity contribution < 1.29 is 0 Å². The van der Waals surface area contributed by atoms with E-state index in [-0.39, 0.29) is 5.28 Å². The molecule has 0 aliphatic rings. The third-order valence-electron chi connectivity index (χ3n) is 2.96. The van der Waals surface area contributed by atoms with Crippen molar-refractivity contribution >= 4 is 28.5 Å². The summed E-state index contributed by atoms with van der Waals surface area (Å²) >= 11 is 5.96.